The van der Waals surface area contributed by atoms with Crippen molar-refractivity contribution in [2.24, 2.45) is 11.5 Å². The van der Waals surface area contributed by atoms with Crippen LogP contribution in [0, 0.1) is 0 Å². The van der Waals surface area contributed by atoms with E-state index in [2.05, 4.69) is 4.98 Å². The van der Waals surface area contributed by atoms with Crippen molar-refractivity contribution in [3.05, 3.63) is 54.4 Å². The van der Waals surface area contributed by atoms with Crippen LogP contribution in [0.2, 0.25) is 0 Å². The van der Waals surface area contributed by atoms with Gasteiger partial charge in [-0.2, -0.15) is 0 Å². The monoisotopic (exact) mass is 213 g/mol. The Hall–Kier alpha value is -1.71. The predicted octanol–water partition coefficient (Wildman–Crippen LogP) is 1.71. The van der Waals surface area contributed by atoms with Gasteiger partial charge in [0.15, 0.2) is 0 Å². The Morgan fingerprint density at radius 2 is 1.81 bits per heavy atom. The van der Waals surface area contributed by atoms with E-state index < -0.39 is 0 Å². The molecule has 1 atom stereocenters. The van der Waals surface area contributed by atoms with E-state index in [9.17, 15) is 0 Å². The SMILES string of the molecule is NC[C@@H](N)c1ccc(-c2cccnc2)cc1. The van der Waals surface area contributed by atoms with Crippen LogP contribution in [0.15, 0.2) is 48.8 Å². The van der Waals surface area contributed by atoms with Gasteiger partial charge < -0.3 is 11.5 Å². The molecule has 16 heavy (non-hydrogen) atoms. The molecule has 1 heterocycles. The van der Waals surface area contributed by atoms with Gasteiger partial charge >= 0.3 is 0 Å². The van der Waals surface area contributed by atoms with Gasteiger partial charge in [0.25, 0.3) is 0 Å². The van der Waals surface area contributed by atoms with Gasteiger partial charge in [-0.1, -0.05) is 30.3 Å². The van der Waals surface area contributed by atoms with Gasteiger partial charge in [0.1, 0.15) is 0 Å². The first-order valence-electron chi connectivity index (χ1n) is 5.27. The summed E-state index contributed by atoms with van der Waals surface area (Å²) in [5.74, 6) is 0. The van der Waals surface area contributed by atoms with E-state index in [1.54, 1.807) is 6.20 Å². The average Bonchev–Trinajstić information content (AvgIpc) is 2.39. The maximum absolute atomic E-state index is 5.85. The molecule has 1 aromatic heterocycles. The van der Waals surface area contributed by atoms with Gasteiger partial charge in [-0.25, -0.2) is 0 Å². The van der Waals surface area contributed by atoms with Crippen LogP contribution in [0.4, 0.5) is 0 Å². The van der Waals surface area contributed by atoms with Crippen LogP contribution >= 0.6 is 0 Å². The molecule has 1 aromatic carbocycles. The third kappa shape index (κ3) is 2.27. The van der Waals surface area contributed by atoms with Crippen LogP contribution < -0.4 is 11.5 Å². The third-order valence-electron chi connectivity index (χ3n) is 2.59. The number of benzene rings is 1. The molecule has 0 aliphatic rings. The normalized spacial score (nSPS) is 12.4. The minimum atomic E-state index is -0.0806. The van der Waals surface area contributed by atoms with Crippen molar-refractivity contribution in [2.75, 3.05) is 6.54 Å². The molecule has 0 aliphatic carbocycles. The molecule has 0 saturated carbocycles. The number of hydrogen-bond donors (Lipinski definition) is 2. The van der Waals surface area contributed by atoms with Gasteiger partial charge in [0, 0.05) is 25.0 Å². The fraction of sp³-hybridized carbons (Fsp3) is 0.154. The van der Waals surface area contributed by atoms with E-state index >= 15 is 0 Å². The second-order valence-corrected chi connectivity index (χ2v) is 3.71. The van der Waals surface area contributed by atoms with Gasteiger partial charge in [0.05, 0.1) is 0 Å². The summed E-state index contributed by atoms with van der Waals surface area (Å²) in [7, 11) is 0. The lowest BCUT2D eigenvalue weighted by Gasteiger charge is -2.09. The van der Waals surface area contributed by atoms with E-state index in [1.165, 1.54) is 0 Å². The van der Waals surface area contributed by atoms with Crippen molar-refractivity contribution in [1.82, 2.24) is 4.98 Å². The zero-order chi connectivity index (χ0) is 11.4. The Kier molecular flexibility index (Phi) is 3.29. The molecule has 0 radical (unpaired) electrons. The lowest BCUT2D eigenvalue weighted by atomic mass is 10.0. The van der Waals surface area contributed by atoms with Gasteiger partial charge in [-0.15, -0.1) is 0 Å². The lowest BCUT2D eigenvalue weighted by Crippen LogP contribution is -2.20. The highest BCUT2D eigenvalue weighted by molar-refractivity contribution is 5.62. The van der Waals surface area contributed by atoms with Crippen molar-refractivity contribution in [3.63, 3.8) is 0 Å². The number of rotatable bonds is 3. The van der Waals surface area contributed by atoms with E-state index in [-0.39, 0.29) is 6.04 Å². The molecular weight excluding hydrogens is 198 g/mol. The Balaban J connectivity index is 2.26. The third-order valence-corrected chi connectivity index (χ3v) is 2.59. The van der Waals surface area contributed by atoms with Gasteiger partial charge in [-0.3, -0.25) is 4.98 Å². The van der Waals surface area contributed by atoms with Crippen LogP contribution in [0.1, 0.15) is 11.6 Å². The van der Waals surface area contributed by atoms with E-state index in [1.807, 2.05) is 42.6 Å². The fourth-order valence-corrected chi connectivity index (χ4v) is 1.59. The highest BCUT2D eigenvalue weighted by atomic mass is 14.7. The van der Waals surface area contributed by atoms with Crippen molar-refractivity contribution in [2.45, 2.75) is 6.04 Å². The molecular formula is C13H15N3. The molecule has 3 heteroatoms. The summed E-state index contributed by atoms with van der Waals surface area (Å²) < 4.78 is 0. The Bertz CT molecular complexity index is 436. The van der Waals surface area contributed by atoms with Crippen molar-refractivity contribution in [3.8, 4) is 11.1 Å². The first-order valence-corrected chi connectivity index (χ1v) is 5.27. The summed E-state index contributed by atoms with van der Waals surface area (Å²) in [5.41, 5.74) is 14.7. The van der Waals surface area contributed by atoms with Gasteiger partial charge in [0.2, 0.25) is 0 Å². The van der Waals surface area contributed by atoms with E-state index in [0.717, 1.165) is 16.7 Å². The lowest BCUT2D eigenvalue weighted by molar-refractivity contribution is 0.737. The van der Waals surface area contributed by atoms with Crippen LogP contribution in [-0.2, 0) is 0 Å². The maximum atomic E-state index is 5.85. The summed E-state index contributed by atoms with van der Waals surface area (Å²) >= 11 is 0. The first kappa shape index (κ1) is 10.8. The summed E-state index contributed by atoms with van der Waals surface area (Å²) in [6, 6.07) is 12.0. The maximum Gasteiger partial charge on any atom is 0.0419 e. The van der Waals surface area contributed by atoms with Gasteiger partial charge in [-0.05, 0) is 22.8 Å². The van der Waals surface area contributed by atoms with E-state index in [0.29, 0.717) is 6.54 Å². The number of pyridine rings is 1. The zero-order valence-electron chi connectivity index (χ0n) is 9.01. The molecule has 0 bridgehead atoms. The number of nitrogens with two attached hydrogens (primary N) is 2. The Morgan fingerprint density at radius 3 is 2.38 bits per heavy atom. The Labute approximate surface area is 95.1 Å². The molecule has 0 saturated heterocycles. The van der Waals surface area contributed by atoms with Crippen LogP contribution in [0.3, 0.4) is 0 Å². The summed E-state index contributed by atoms with van der Waals surface area (Å²) in [5, 5.41) is 0. The fourth-order valence-electron chi connectivity index (χ4n) is 1.59. The molecule has 3 nitrogen and oxygen atoms in total. The van der Waals surface area contributed by atoms with Crippen molar-refractivity contribution >= 4 is 0 Å². The van der Waals surface area contributed by atoms with Crippen LogP contribution in [0.5, 0.6) is 0 Å². The molecule has 0 amide bonds. The quantitative estimate of drug-likeness (QED) is 0.815. The molecule has 2 aromatic rings. The molecule has 0 unspecified atom stereocenters. The topological polar surface area (TPSA) is 64.9 Å². The zero-order valence-corrected chi connectivity index (χ0v) is 9.01. The molecule has 0 spiro atoms. The van der Waals surface area contributed by atoms with E-state index in [4.69, 9.17) is 11.5 Å². The average molecular weight is 213 g/mol. The smallest absolute Gasteiger partial charge is 0.0419 e. The summed E-state index contributed by atoms with van der Waals surface area (Å²) in [6.45, 7) is 0.465. The van der Waals surface area contributed by atoms with Crippen molar-refractivity contribution < 1.29 is 0 Å². The van der Waals surface area contributed by atoms with Crippen LogP contribution in [0.25, 0.3) is 11.1 Å². The van der Waals surface area contributed by atoms with Crippen LogP contribution in [-0.4, -0.2) is 11.5 Å². The van der Waals surface area contributed by atoms with Crippen molar-refractivity contribution in [1.29, 1.82) is 0 Å². The summed E-state index contributed by atoms with van der Waals surface area (Å²) in [6.07, 6.45) is 3.61. The summed E-state index contributed by atoms with van der Waals surface area (Å²) in [4.78, 5) is 4.09. The standard InChI is InChI=1S/C13H15N3/c14-8-13(15)11-5-3-10(4-6-11)12-2-1-7-16-9-12/h1-7,9,13H,8,14-15H2/t13-/m1/s1. The second kappa shape index (κ2) is 4.88. The Morgan fingerprint density at radius 1 is 1.06 bits per heavy atom. The predicted molar refractivity (Wildman–Crippen MR) is 65.7 cm³/mol. The second-order valence-electron chi connectivity index (χ2n) is 3.71. The molecule has 0 fully saturated rings. The number of hydrogen-bond acceptors (Lipinski definition) is 3. The highest BCUT2D eigenvalue weighted by Crippen LogP contribution is 2.20. The molecule has 82 valence electrons. The minimum absolute atomic E-state index is 0.0806. The first-order chi connectivity index (χ1) is 7.81. The molecule has 0 aliphatic heterocycles. The highest BCUT2D eigenvalue weighted by Gasteiger charge is 2.03. The minimum Gasteiger partial charge on any atom is -0.329 e. The molecule has 2 rings (SSSR count). The number of aromatic nitrogens is 1. The number of nitrogens with zero attached hydrogens (tertiary/aromatic N) is 1. The molecule has 4 N–H and O–H groups in total. The largest absolute Gasteiger partial charge is 0.329 e.